The average molecular weight is 474 g/mol. The molecule has 2 aromatic rings. The van der Waals surface area contributed by atoms with E-state index in [-0.39, 0.29) is 6.04 Å². The Hall–Kier alpha value is -2.59. The van der Waals surface area contributed by atoms with Gasteiger partial charge in [0.15, 0.2) is 0 Å². The van der Waals surface area contributed by atoms with E-state index in [4.69, 9.17) is 4.74 Å². The predicted octanol–water partition coefficient (Wildman–Crippen LogP) is 2.76. The number of aryl methyl sites for hydroxylation is 4. The molecule has 2 aliphatic carbocycles. The Morgan fingerprint density at radius 3 is 2.33 bits per heavy atom. The van der Waals surface area contributed by atoms with Crippen LogP contribution in [0.25, 0.3) is 0 Å². The van der Waals surface area contributed by atoms with Crippen molar-refractivity contribution >= 4 is 27.6 Å². The molecule has 0 saturated carbocycles. The summed E-state index contributed by atoms with van der Waals surface area (Å²) in [7, 11) is -2.42. The van der Waals surface area contributed by atoms with Crippen LogP contribution in [0.3, 0.4) is 0 Å². The first kappa shape index (κ1) is 22.2. The Morgan fingerprint density at radius 1 is 1.12 bits per heavy atom. The summed E-state index contributed by atoms with van der Waals surface area (Å²) in [5.74, 6) is 0. The fourth-order valence-corrected chi connectivity index (χ4v) is 6.94. The van der Waals surface area contributed by atoms with Crippen molar-refractivity contribution in [3.63, 3.8) is 0 Å². The lowest BCUT2D eigenvalue weighted by Gasteiger charge is -2.34. The van der Waals surface area contributed by atoms with Gasteiger partial charge in [-0.2, -0.15) is 13.5 Å². The molecule has 0 unspecified atom stereocenters. The van der Waals surface area contributed by atoms with Gasteiger partial charge in [0.1, 0.15) is 0 Å². The molecule has 5 rings (SSSR count). The van der Waals surface area contributed by atoms with Crippen molar-refractivity contribution < 1.29 is 17.9 Å². The zero-order valence-electron chi connectivity index (χ0n) is 19.2. The molecule has 0 spiro atoms. The maximum Gasteiger partial charge on any atom is 0.334 e. The Bertz CT molecular complexity index is 1150. The van der Waals surface area contributed by atoms with Gasteiger partial charge in [-0.15, -0.1) is 0 Å². The van der Waals surface area contributed by atoms with Gasteiger partial charge < -0.3 is 10.1 Å². The van der Waals surface area contributed by atoms with Gasteiger partial charge in [-0.3, -0.25) is 4.68 Å². The number of fused-ring (bicyclic) bond motifs is 2. The van der Waals surface area contributed by atoms with Crippen LogP contribution in [0.4, 0.5) is 16.2 Å². The second-order valence-corrected chi connectivity index (χ2v) is 10.8. The van der Waals surface area contributed by atoms with Crippen molar-refractivity contribution in [3.8, 4) is 0 Å². The van der Waals surface area contributed by atoms with Gasteiger partial charge >= 0.3 is 16.2 Å². The number of urea groups is 1. The molecule has 10 heteroatoms. The van der Waals surface area contributed by atoms with Gasteiger partial charge in [0.2, 0.25) is 0 Å². The van der Waals surface area contributed by atoms with E-state index in [9.17, 15) is 13.2 Å². The largest absolute Gasteiger partial charge is 0.381 e. The fraction of sp³-hybridized carbons (Fsp3) is 0.565. The molecule has 1 aromatic heterocycles. The van der Waals surface area contributed by atoms with Gasteiger partial charge in [0, 0.05) is 32.1 Å². The zero-order valence-corrected chi connectivity index (χ0v) is 20.0. The highest BCUT2D eigenvalue weighted by Gasteiger charge is 2.35. The molecule has 1 aromatic carbocycles. The number of amides is 2. The molecule has 1 aliphatic heterocycles. The smallest absolute Gasteiger partial charge is 0.334 e. The number of carbonyl (C=O) groups excluding carboxylic acids is 1. The molecule has 0 bridgehead atoms. The molecule has 178 valence electrons. The molecule has 2 N–H and O–H groups in total. The van der Waals surface area contributed by atoms with Crippen LogP contribution < -0.4 is 14.3 Å². The number of nitrogens with one attached hydrogen (secondary N) is 2. The van der Waals surface area contributed by atoms with Crippen LogP contribution in [0, 0.1) is 6.92 Å². The Balaban J connectivity index is 1.43. The monoisotopic (exact) mass is 473 g/mol. The molecule has 9 nitrogen and oxygen atoms in total. The molecule has 1 fully saturated rings. The summed E-state index contributed by atoms with van der Waals surface area (Å²) < 4.78 is 37.7. The maximum atomic E-state index is 13.5. The van der Waals surface area contributed by atoms with Crippen LogP contribution in [0.15, 0.2) is 12.3 Å². The number of anilines is 2. The minimum Gasteiger partial charge on any atom is -0.381 e. The standard InChI is InChI=1S/C23H31N5O4S/c1-15-21(14-27(2)25-15)28(18-9-11-32-12-10-18)33(30,31)26-23(29)24-22-19-7-3-5-16(19)13-17-6-4-8-20(17)22/h13-14,18H,3-12H2,1-2H3,(H2,24,26,29). The number of carbonyl (C=O) groups is 1. The first-order valence-corrected chi connectivity index (χ1v) is 13.1. The van der Waals surface area contributed by atoms with Gasteiger partial charge in [-0.05, 0) is 80.5 Å². The predicted molar refractivity (Wildman–Crippen MR) is 126 cm³/mol. The first-order valence-electron chi connectivity index (χ1n) is 11.7. The highest BCUT2D eigenvalue weighted by molar-refractivity contribution is 7.91. The molecular formula is C23H31N5O4S. The number of hydrogen-bond donors (Lipinski definition) is 2. The number of ether oxygens (including phenoxy) is 1. The third-order valence-electron chi connectivity index (χ3n) is 6.94. The molecule has 2 amide bonds. The number of benzene rings is 1. The molecule has 2 heterocycles. The molecule has 0 atom stereocenters. The van der Waals surface area contributed by atoms with Gasteiger partial charge in [0.25, 0.3) is 0 Å². The maximum absolute atomic E-state index is 13.5. The van der Waals surface area contributed by atoms with E-state index in [2.05, 4.69) is 21.2 Å². The third-order valence-corrected chi connectivity index (χ3v) is 8.40. The second-order valence-electron chi connectivity index (χ2n) is 9.21. The number of nitrogens with zero attached hydrogens (tertiary/aromatic N) is 3. The van der Waals surface area contributed by atoms with Gasteiger partial charge in [-0.25, -0.2) is 13.8 Å². The number of aromatic nitrogens is 2. The van der Waals surface area contributed by atoms with Crippen molar-refractivity contribution in [2.24, 2.45) is 7.05 Å². The first-order chi connectivity index (χ1) is 15.8. The Labute approximate surface area is 194 Å². The summed E-state index contributed by atoms with van der Waals surface area (Å²) in [4.78, 5) is 13.1. The normalized spacial score (nSPS) is 18.1. The molecule has 1 saturated heterocycles. The summed E-state index contributed by atoms with van der Waals surface area (Å²) in [5, 5.41) is 7.24. The van der Waals surface area contributed by atoms with Crippen LogP contribution >= 0.6 is 0 Å². The van der Waals surface area contributed by atoms with Crippen molar-refractivity contribution in [3.05, 3.63) is 40.2 Å². The van der Waals surface area contributed by atoms with Crippen LogP contribution in [-0.2, 0) is 47.7 Å². The zero-order chi connectivity index (χ0) is 23.2. The summed E-state index contributed by atoms with van der Waals surface area (Å²) in [6.07, 6.45) is 8.74. The number of hydrogen-bond acceptors (Lipinski definition) is 5. The van der Waals surface area contributed by atoms with E-state index in [1.165, 1.54) is 15.4 Å². The second kappa shape index (κ2) is 8.64. The van der Waals surface area contributed by atoms with Crippen LogP contribution in [0.2, 0.25) is 0 Å². The van der Waals surface area contributed by atoms with Crippen LogP contribution in [0.1, 0.15) is 53.6 Å². The lowest BCUT2D eigenvalue weighted by atomic mass is 9.99. The van der Waals surface area contributed by atoms with Gasteiger partial charge in [0.05, 0.1) is 17.4 Å². The lowest BCUT2D eigenvalue weighted by Crippen LogP contribution is -2.51. The van der Waals surface area contributed by atoms with Crippen molar-refractivity contribution in [1.29, 1.82) is 0 Å². The average Bonchev–Trinajstić information content (AvgIpc) is 3.48. The van der Waals surface area contributed by atoms with E-state index in [0.29, 0.717) is 37.4 Å². The highest BCUT2D eigenvalue weighted by atomic mass is 32.2. The quantitative estimate of drug-likeness (QED) is 0.695. The molecule has 33 heavy (non-hydrogen) atoms. The van der Waals surface area contributed by atoms with Crippen molar-refractivity contribution in [1.82, 2.24) is 14.5 Å². The summed E-state index contributed by atoms with van der Waals surface area (Å²) >= 11 is 0. The van der Waals surface area contributed by atoms with E-state index in [1.807, 2.05) is 0 Å². The third kappa shape index (κ3) is 4.21. The summed E-state index contributed by atoms with van der Waals surface area (Å²) in [6, 6.07) is 1.25. The number of rotatable bonds is 5. The lowest BCUT2D eigenvalue weighted by molar-refractivity contribution is 0.0875. The van der Waals surface area contributed by atoms with E-state index >= 15 is 0 Å². The van der Waals surface area contributed by atoms with Crippen LogP contribution in [0.5, 0.6) is 0 Å². The van der Waals surface area contributed by atoms with Gasteiger partial charge in [-0.1, -0.05) is 6.07 Å². The van der Waals surface area contributed by atoms with E-state index < -0.39 is 16.2 Å². The molecular weight excluding hydrogens is 442 g/mol. The Morgan fingerprint density at radius 2 is 1.76 bits per heavy atom. The minimum atomic E-state index is -4.17. The Kier molecular flexibility index (Phi) is 5.82. The van der Waals surface area contributed by atoms with E-state index in [0.717, 1.165) is 55.3 Å². The minimum absolute atomic E-state index is 0.308. The topological polar surface area (TPSA) is 106 Å². The molecule has 0 radical (unpaired) electrons. The van der Waals surface area contributed by atoms with Crippen molar-refractivity contribution in [2.45, 2.75) is 64.3 Å². The van der Waals surface area contributed by atoms with Crippen molar-refractivity contribution in [2.75, 3.05) is 22.8 Å². The van der Waals surface area contributed by atoms with E-state index in [1.54, 1.807) is 24.9 Å². The SMILES string of the molecule is Cc1nn(C)cc1N(C1CCOCC1)S(=O)(=O)NC(=O)Nc1c2c(cc3c1CCC3)CCC2. The van der Waals surface area contributed by atoms with Crippen LogP contribution in [-0.4, -0.2) is 43.5 Å². The molecule has 3 aliphatic rings. The summed E-state index contributed by atoms with van der Waals surface area (Å²) in [5.41, 5.74) is 6.77. The highest BCUT2D eigenvalue weighted by Crippen LogP contribution is 2.38. The summed E-state index contributed by atoms with van der Waals surface area (Å²) in [6.45, 7) is 2.72. The fourth-order valence-electron chi connectivity index (χ4n) is 5.52.